The molecule has 1 fully saturated rings. The molecule has 84 valence electrons. The highest BCUT2D eigenvalue weighted by atomic mass is 32.1. The van der Waals surface area contributed by atoms with Gasteiger partial charge in [-0.2, -0.15) is 0 Å². The Bertz CT molecular complexity index is 331. The largest absolute Gasteiger partial charge is 0.319 e. The molecule has 2 nitrogen and oxygen atoms in total. The summed E-state index contributed by atoms with van der Waals surface area (Å²) in [6.45, 7) is 6.94. The molecule has 15 heavy (non-hydrogen) atoms. The van der Waals surface area contributed by atoms with Crippen LogP contribution < -0.4 is 5.73 Å². The van der Waals surface area contributed by atoms with Crippen molar-refractivity contribution in [3.05, 3.63) is 16.6 Å². The zero-order chi connectivity index (χ0) is 11.1. The second kappa shape index (κ2) is 3.56. The first-order chi connectivity index (χ1) is 6.91. The van der Waals surface area contributed by atoms with E-state index in [1.54, 1.807) is 11.3 Å². The minimum absolute atomic E-state index is 0.185. The fraction of sp³-hybridized carbons (Fsp3) is 0.750. The third kappa shape index (κ3) is 2.23. The van der Waals surface area contributed by atoms with Crippen LogP contribution in [0.2, 0.25) is 0 Å². The Morgan fingerprint density at radius 1 is 1.47 bits per heavy atom. The number of rotatable bonds is 1. The van der Waals surface area contributed by atoms with E-state index in [2.05, 4.69) is 25.8 Å². The highest BCUT2D eigenvalue weighted by molar-refractivity contribution is 7.09. The molecule has 0 spiro atoms. The molecule has 0 bridgehead atoms. The molecule has 1 heterocycles. The lowest BCUT2D eigenvalue weighted by Gasteiger charge is -2.44. The van der Waals surface area contributed by atoms with E-state index >= 15 is 0 Å². The van der Waals surface area contributed by atoms with E-state index in [0.29, 0.717) is 11.3 Å². The number of nitrogens with two attached hydrogens (primary N) is 1. The van der Waals surface area contributed by atoms with Crippen LogP contribution >= 0.6 is 11.3 Å². The zero-order valence-corrected chi connectivity index (χ0v) is 10.6. The molecule has 1 aliphatic rings. The van der Waals surface area contributed by atoms with E-state index in [1.165, 1.54) is 6.42 Å². The van der Waals surface area contributed by atoms with Gasteiger partial charge in [0, 0.05) is 11.6 Å². The molecule has 1 saturated carbocycles. The maximum absolute atomic E-state index is 6.54. The molecule has 2 N–H and O–H groups in total. The molecule has 1 aromatic rings. The molecule has 3 heteroatoms. The van der Waals surface area contributed by atoms with Crippen molar-refractivity contribution in [1.29, 1.82) is 0 Å². The van der Waals surface area contributed by atoms with Gasteiger partial charge in [0.25, 0.3) is 0 Å². The number of nitrogens with zero attached hydrogens (tertiary/aromatic N) is 1. The summed E-state index contributed by atoms with van der Waals surface area (Å²) in [5.74, 6) is 0.697. The van der Waals surface area contributed by atoms with Gasteiger partial charge in [0.1, 0.15) is 5.01 Å². The third-order valence-corrected chi connectivity index (χ3v) is 4.26. The third-order valence-electron chi connectivity index (χ3n) is 3.27. The van der Waals surface area contributed by atoms with Crippen molar-refractivity contribution in [2.45, 2.75) is 45.6 Å². The highest BCUT2D eigenvalue weighted by Crippen LogP contribution is 2.47. The Kier molecular flexibility index (Phi) is 2.63. The van der Waals surface area contributed by atoms with Crippen molar-refractivity contribution in [2.75, 3.05) is 0 Å². The van der Waals surface area contributed by atoms with Crippen molar-refractivity contribution < 1.29 is 0 Å². The van der Waals surface area contributed by atoms with Gasteiger partial charge < -0.3 is 5.73 Å². The van der Waals surface area contributed by atoms with E-state index < -0.39 is 0 Å². The van der Waals surface area contributed by atoms with E-state index in [0.717, 1.165) is 17.8 Å². The Balaban J connectivity index is 2.28. The minimum atomic E-state index is -0.185. The van der Waals surface area contributed by atoms with Gasteiger partial charge in [-0.1, -0.05) is 20.8 Å². The molecule has 1 aromatic heterocycles. The second-order valence-electron chi connectivity index (χ2n) is 5.85. The van der Waals surface area contributed by atoms with Crippen LogP contribution in [0.15, 0.2) is 11.6 Å². The lowest BCUT2D eigenvalue weighted by atomic mass is 9.65. The smallest absolute Gasteiger partial charge is 0.112 e. The summed E-state index contributed by atoms with van der Waals surface area (Å²) in [7, 11) is 0. The SMILES string of the molecule is CC1CC(C)(C)CC(N)(c2nccs2)C1. The van der Waals surface area contributed by atoms with Crippen molar-refractivity contribution in [2.24, 2.45) is 17.1 Å². The molecule has 1 aliphatic carbocycles. The molecular formula is C12H20N2S. The lowest BCUT2D eigenvalue weighted by molar-refractivity contribution is 0.107. The van der Waals surface area contributed by atoms with Crippen molar-refractivity contribution in [1.82, 2.24) is 4.98 Å². The van der Waals surface area contributed by atoms with Crippen molar-refractivity contribution in [3.8, 4) is 0 Å². The van der Waals surface area contributed by atoms with Crippen LogP contribution in [0.1, 0.15) is 45.0 Å². The predicted molar refractivity (Wildman–Crippen MR) is 64.8 cm³/mol. The Morgan fingerprint density at radius 3 is 2.73 bits per heavy atom. The molecule has 0 radical (unpaired) electrons. The maximum Gasteiger partial charge on any atom is 0.112 e. The summed E-state index contributed by atoms with van der Waals surface area (Å²) in [4.78, 5) is 4.41. The van der Waals surface area contributed by atoms with Gasteiger partial charge >= 0.3 is 0 Å². The zero-order valence-electron chi connectivity index (χ0n) is 9.79. The topological polar surface area (TPSA) is 38.9 Å². The van der Waals surface area contributed by atoms with E-state index in [4.69, 9.17) is 5.73 Å². The molecule has 0 saturated heterocycles. The Labute approximate surface area is 95.9 Å². The van der Waals surface area contributed by atoms with Gasteiger partial charge in [0.2, 0.25) is 0 Å². The number of hydrogen-bond acceptors (Lipinski definition) is 3. The summed E-state index contributed by atoms with van der Waals surface area (Å²) >= 11 is 1.69. The van der Waals surface area contributed by atoms with Gasteiger partial charge in [-0.25, -0.2) is 4.98 Å². The molecule has 2 unspecified atom stereocenters. The number of thiazole rings is 1. The number of aromatic nitrogens is 1. The predicted octanol–water partition coefficient (Wildman–Crippen LogP) is 3.14. The fourth-order valence-electron chi connectivity index (χ4n) is 3.27. The minimum Gasteiger partial charge on any atom is -0.319 e. The van der Waals surface area contributed by atoms with E-state index in [1.807, 2.05) is 11.6 Å². The Morgan fingerprint density at radius 2 is 2.20 bits per heavy atom. The quantitative estimate of drug-likeness (QED) is 0.796. The Hall–Kier alpha value is -0.410. The van der Waals surface area contributed by atoms with Gasteiger partial charge in [-0.15, -0.1) is 11.3 Å². The van der Waals surface area contributed by atoms with Crippen molar-refractivity contribution >= 4 is 11.3 Å². The summed E-state index contributed by atoms with van der Waals surface area (Å²) in [5, 5.41) is 3.14. The molecule has 2 atom stereocenters. The first kappa shape index (κ1) is 11.1. The molecule has 0 aliphatic heterocycles. The van der Waals surface area contributed by atoms with Crippen LogP contribution in [-0.4, -0.2) is 4.98 Å². The standard InChI is InChI=1S/C12H20N2S/c1-9-6-11(2,3)8-12(13,7-9)10-14-4-5-15-10/h4-5,9H,6-8,13H2,1-3H3. The fourth-order valence-corrected chi connectivity index (χ4v) is 4.03. The van der Waals surface area contributed by atoms with E-state index in [9.17, 15) is 0 Å². The summed E-state index contributed by atoms with van der Waals surface area (Å²) in [6.07, 6.45) is 5.26. The first-order valence-corrected chi connectivity index (χ1v) is 6.48. The second-order valence-corrected chi connectivity index (χ2v) is 6.74. The normalized spacial score (nSPS) is 35.3. The van der Waals surface area contributed by atoms with Gasteiger partial charge in [0.05, 0.1) is 5.54 Å². The summed E-state index contributed by atoms with van der Waals surface area (Å²) in [6, 6.07) is 0. The number of hydrogen-bond donors (Lipinski definition) is 1. The molecular weight excluding hydrogens is 204 g/mol. The van der Waals surface area contributed by atoms with Crippen LogP contribution in [0.4, 0.5) is 0 Å². The average Bonchev–Trinajstić information content (AvgIpc) is 2.49. The molecule has 0 amide bonds. The van der Waals surface area contributed by atoms with Gasteiger partial charge in [0.15, 0.2) is 0 Å². The van der Waals surface area contributed by atoms with Crippen LogP contribution in [0.25, 0.3) is 0 Å². The molecule has 2 rings (SSSR count). The van der Waals surface area contributed by atoms with Gasteiger partial charge in [-0.05, 0) is 30.6 Å². The maximum atomic E-state index is 6.54. The van der Waals surface area contributed by atoms with E-state index in [-0.39, 0.29) is 5.54 Å². The van der Waals surface area contributed by atoms with Crippen LogP contribution in [0, 0.1) is 11.3 Å². The van der Waals surface area contributed by atoms with Crippen LogP contribution in [-0.2, 0) is 5.54 Å². The van der Waals surface area contributed by atoms with Gasteiger partial charge in [-0.3, -0.25) is 0 Å². The van der Waals surface area contributed by atoms with Crippen LogP contribution in [0.3, 0.4) is 0 Å². The van der Waals surface area contributed by atoms with Crippen LogP contribution in [0.5, 0.6) is 0 Å². The molecule has 0 aromatic carbocycles. The summed E-state index contributed by atoms with van der Waals surface area (Å²) < 4.78 is 0. The monoisotopic (exact) mass is 224 g/mol. The highest BCUT2D eigenvalue weighted by Gasteiger charge is 2.42. The van der Waals surface area contributed by atoms with Crippen molar-refractivity contribution in [3.63, 3.8) is 0 Å². The lowest BCUT2D eigenvalue weighted by Crippen LogP contribution is -2.46. The average molecular weight is 224 g/mol. The summed E-state index contributed by atoms with van der Waals surface area (Å²) in [5.41, 5.74) is 6.70. The first-order valence-electron chi connectivity index (χ1n) is 5.60.